The summed E-state index contributed by atoms with van der Waals surface area (Å²) in [4.78, 5) is 0. The molecule has 0 saturated carbocycles. The van der Waals surface area contributed by atoms with Crippen molar-refractivity contribution in [1.82, 2.24) is 10.6 Å². The lowest BCUT2D eigenvalue weighted by Crippen LogP contribution is -2.24. The average molecular weight is 248 g/mol. The maximum atomic E-state index is 5.34. The Morgan fingerprint density at radius 2 is 2.17 bits per heavy atom. The SMILES string of the molecule is COc1ccc(CNCC2CCNC2)c(C)c1C. The Bertz CT molecular complexity index is 398. The van der Waals surface area contributed by atoms with E-state index in [1.807, 2.05) is 0 Å². The highest BCUT2D eigenvalue weighted by atomic mass is 16.5. The Labute approximate surface area is 110 Å². The fraction of sp³-hybridized carbons (Fsp3) is 0.600. The van der Waals surface area contributed by atoms with E-state index in [0.29, 0.717) is 0 Å². The molecule has 0 aliphatic carbocycles. The van der Waals surface area contributed by atoms with Crippen LogP contribution in [0, 0.1) is 19.8 Å². The summed E-state index contributed by atoms with van der Waals surface area (Å²) in [7, 11) is 1.73. The molecule has 1 aromatic carbocycles. The van der Waals surface area contributed by atoms with Gasteiger partial charge in [-0.2, -0.15) is 0 Å². The Morgan fingerprint density at radius 1 is 1.33 bits per heavy atom. The summed E-state index contributed by atoms with van der Waals surface area (Å²) in [5.41, 5.74) is 3.96. The van der Waals surface area contributed by atoms with E-state index in [4.69, 9.17) is 4.74 Å². The van der Waals surface area contributed by atoms with Crippen molar-refractivity contribution in [3.8, 4) is 5.75 Å². The molecule has 0 radical (unpaired) electrons. The van der Waals surface area contributed by atoms with Crippen molar-refractivity contribution >= 4 is 0 Å². The zero-order valence-electron chi connectivity index (χ0n) is 11.7. The van der Waals surface area contributed by atoms with Gasteiger partial charge in [-0.05, 0) is 68.6 Å². The number of rotatable bonds is 5. The Morgan fingerprint density at radius 3 is 2.83 bits per heavy atom. The molecule has 18 heavy (non-hydrogen) atoms. The van der Waals surface area contributed by atoms with Crippen LogP contribution in [-0.2, 0) is 6.54 Å². The molecule has 0 aromatic heterocycles. The van der Waals surface area contributed by atoms with Gasteiger partial charge in [0, 0.05) is 6.54 Å². The van der Waals surface area contributed by atoms with Crippen LogP contribution in [0.3, 0.4) is 0 Å². The molecule has 2 rings (SSSR count). The van der Waals surface area contributed by atoms with E-state index in [1.54, 1.807) is 7.11 Å². The summed E-state index contributed by atoms with van der Waals surface area (Å²) in [6.45, 7) is 8.69. The van der Waals surface area contributed by atoms with Gasteiger partial charge in [-0.3, -0.25) is 0 Å². The second kappa shape index (κ2) is 6.21. The van der Waals surface area contributed by atoms with E-state index in [1.165, 1.54) is 29.7 Å². The average Bonchev–Trinajstić information content (AvgIpc) is 2.88. The highest BCUT2D eigenvalue weighted by molar-refractivity contribution is 5.43. The lowest BCUT2D eigenvalue weighted by molar-refractivity contribution is 0.411. The first kappa shape index (κ1) is 13.4. The minimum absolute atomic E-state index is 0.796. The monoisotopic (exact) mass is 248 g/mol. The first-order valence-electron chi connectivity index (χ1n) is 6.77. The summed E-state index contributed by atoms with van der Waals surface area (Å²) < 4.78 is 5.34. The van der Waals surface area contributed by atoms with E-state index in [-0.39, 0.29) is 0 Å². The molecule has 1 fully saturated rings. The molecule has 1 heterocycles. The van der Waals surface area contributed by atoms with Crippen molar-refractivity contribution in [2.24, 2.45) is 5.92 Å². The fourth-order valence-corrected chi connectivity index (χ4v) is 2.56. The molecule has 1 aliphatic heterocycles. The second-order valence-electron chi connectivity index (χ2n) is 5.17. The quantitative estimate of drug-likeness (QED) is 0.836. The fourth-order valence-electron chi connectivity index (χ4n) is 2.56. The molecule has 1 aliphatic rings. The molecule has 1 aromatic rings. The summed E-state index contributed by atoms with van der Waals surface area (Å²) in [5, 5.41) is 6.97. The number of benzene rings is 1. The van der Waals surface area contributed by atoms with Gasteiger partial charge in [0.05, 0.1) is 7.11 Å². The van der Waals surface area contributed by atoms with Crippen molar-refractivity contribution < 1.29 is 4.74 Å². The first-order chi connectivity index (χ1) is 8.72. The predicted octanol–water partition coefficient (Wildman–Crippen LogP) is 2.01. The lowest BCUT2D eigenvalue weighted by Gasteiger charge is -2.14. The van der Waals surface area contributed by atoms with Gasteiger partial charge in [-0.15, -0.1) is 0 Å². The van der Waals surface area contributed by atoms with Gasteiger partial charge >= 0.3 is 0 Å². The summed E-state index contributed by atoms with van der Waals surface area (Å²) in [6, 6.07) is 4.23. The Hall–Kier alpha value is -1.06. The molecule has 1 unspecified atom stereocenters. The molecular formula is C15H24N2O. The standard InChI is InChI=1S/C15H24N2O/c1-11-12(2)15(18-3)5-4-14(11)10-17-9-13-6-7-16-8-13/h4-5,13,16-17H,6-10H2,1-3H3. The van der Waals surface area contributed by atoms with E-state index in [0.717, 1.165) is 31.3 Å². The second-order valence-corrected chi connectivity index (χ2v) is 5.17. The minimum atomic E-state index is 0.796. The highest BCUT2D eigenvalue weighted by Crippen LogP contribution is 2.23. The van der Waals surface area contributed by atoms with Crippen molar-refractivity contribution in [3.05, 3.63) is 28.8 Å². The largest absolute Gasteiger partial charge is 0.496 e. The maximum Gasteiger partial charge on any atom is 0.122 e. The smallest absolute Gasteiger partial charge is 0.122 e. The topological polar surface area (TPSA) is 33.3 Å². The number of ether oxygens (including phenoxy) is 1. The van der Waals surface area contributed by atoms with Gasteiger partial charge in [0.15, 0.2) is 0 Å². The van der Waals surface area contributed by atoms with Crippen molar-refractivity contribution in [2.45, 2.75) is 26.8 Å². The van der Waals surface area contributed by atoms with Crippen LogP contribution < -0.4 is 15.4 Å². The molecule has 0 bridgehead atoms. The molecule has 1 atom stereocenters. The van der Waals surface area contributed by atoms with Gasteiger partial charge in [0.25, 0.3) is 0 Å². The first-order valence-corrected chi connectivity index (χ1v) is 6.77. The van der Waals surface area contributed by atoms with Crippen LogP contribution in [0.5, 0.6) is 5.75 Å². The molecule has 3 heteroatoms. The third-order valence-corrected chi connectivity index (χ3v) is 3.98. The van der Waals surface area contributed by atoms with Gasteiger partial charge in [0.1, 0.15) is 5.75 Å². The summed E-state index contributed by atoms with van der Waals surface area (Å²) >= 11 is 0. The van der Waals surface area contributed by atoms with E-state index in [9.17, 15) is 0 Å². The molecular weight excluding hydrogens is 224 g/mol. The molecule has 100 valence electrons. The van der Waals surface area contributed by atoms with Crippen molar-refractivity contribution in [3.63, 3.8) is 0 Å². The van der Waals surface area contributed by atoms with Crippen molar-refractivity contribution in [1.29, 1.82) is 0 Å². The highest BCUT2D eigenvalue weighted by Gasteiger charge is 2.13. The molecule has 0 amide bonds. The van der Waals surface area contributed by atoms with Crippen LogP contribution in [0.15, 0.2) is 12.1 Å². The van der Waals surface area contributed by atoms with Crippen LogP contribution in [0.2, 0.25) is 0 Å². The molecule has 0 spiro atoms. The van der Waals surface area contributed by atoms with Gasteiger partial charge in [-0.1, -0.05) is 6.07 Å². The molecule has 2 N–H and O–H groups in total. The normalized spacial score (nSPS) is 19.2. The van der Waals surface area contributed by atoms with E-state index in [2.05, 4.69) is 36.6 Å². The van der Waals surface area contributed by atoms with Gasteiger partial charge < -0.3 is 15.4 Å². The number of nitrogens with one attached hydrogen (secondary N) is 2. The third kappa shape index (κ3) is 3.03. The molecule has 3 nitrogen and oxygen atoms in total. The summed E-state index contributed by atoms with van der Waals surface area (Å²) in [5.74, 6) is 1.78. The van der Waals surface area contributed by atoms with Crippen LogP contribution in [0.25, 0.3) is 0 Å². The van der Waals surface area contributed by atoms with E-state index >= 15 is 0 Å². The Kier molecular flexibility index (Phi) is 4.61. The lowest BCUT2D eigenvalue weighted by atomic mass is 10.0. The van der Waals surface area contributed by atoms with Gasteiger partial charge in [-0.25, -0.2) is 0 Å². The molecule has 1 saturated heterocycles. The third-order valence-electron chi connectivity index (χ3n) is 3.98. The maximum absolute atomic E-state index is 5.34. The van der Waals surface area contributed by atoms with Gasteiger partial charge in [0.2, 0.25) is 0 Å². The number of hydrogen-bond acceptors (Lipinski definition) is 3. The number of hydrogen-bond donors (Lipinski definition) is 2. The van der Waals surface area contributed by atoms with E-state index < -0.39 is 0 Å². The van der Waals surface area contributed by atoms with Crippen LogP contribution in [0.4, 0.5) is 0 Å². The minimum Gasteiger partial charge on any atom is -0.496 e. The number of methoxy groups -OCH3 is 1. The zero-order valence-corrected chi connectivity index (χ0v) is 11.7. The van der Waals surface area contributed by atoms with Crippen LogP contribution in [0.1, 0.15) is 23.1 Å². The van der Waals surface area contributed by atoms with Crippen molar-refractivity contribution in [2.75, 3.05) is 26.7 Å². The van der Waals surface area contributed by atoms with Crippen LogP contribution in [-0.4, -0.2) is 26.7 Å². The predicted molar refractivity (Wildman–Crippen MR) is 75.2 cm³/mol. The van der Waals surface area contributed by atoms with Crippen LogP contribution >= 0.6 is 0 Å². The summed E-state index contributed by atoms with van der Waals surface area (Å²) in [6.07, 6.45) is 1.30. The Balaban J connectivity index is 1.90. The zero-order chi connectivity index (χ0) is 13.0.